The zero-order valence-electron chi connectivity index (χ0n) is 18.0. The maximum atomic E-state index is 5.82. The number of ether oxygens (including phenoxy) is 1. The summed E-state index contributed by atoms with van der Waals surface area (Å²) in [5.74, 6) is 0.966. The fourth-order valence-corrected chi connectivity index (χ4v) is 3.57. The van der Waals surface area contributed by atoms with E-state index in [2.05, 4.69) is 25.6 Å². The molecule has 0 bridgehead atoms. The molecule has 0 aliphatic rings. The summed E-state index contributed by atoms with van der Waals surface area (Å²) in [5.41, 5.74) is 1.12. The lowest BCUT2D eigenvalue weighted by atomic mass is 10.0. The van der Waals surface area contributed by atoms with Crippen molar-refractivity contribution in [2.24, 2.45) is 0 Å². The van der Waals surface area contributed by atoms with E-state index < -0.39 is 0 Å². The summed E-state index contributed by atoms with van der Waals surface area (Å²) in [6.07, 6.45) is 24.3. The van der Waals surface area contributed by atoms with Crippen molar-refractivity contribution in [2.45, 2.75) is 110 Å². The molecule has 0 aromatic heterocycles. The summed E-state index contributed by atoms with van der Waals surface area (Å²) in [5, 5.41) is 0. The lowest BCUT2D eigenvalue weighted by Gasteiger charge is -2.07. The van der Waals surface area contributed by atoms with Crippen LogP contribution in [0.15, 0.2) is 30.8 Å². The molecule has 0 atom stereocenters. The van der Waals surface area contributed by atoms with E-state index in [4.69, 9.17) is 4.74 Å². The van der Waals surface area contributed by atoms with Gasteiger partial charge in [-0.1, -0.05) is 128 Å². The molecule has 0 unspecified atom stereocenters. The minimum Gasteiger partial charge on any atom is -0.494 e. The van der Waals surface area contributed by atoms with E-state index in [9.17, 15) is 0 Å². The normalized spacial score (nSPS) is 10.9. The Morgan fingerprint density at radius 3 is 1.67 bits per heavy atom. The maximum absolute atomic E-state index is 5.82. The first-order chi connectivity index (χ1) is 13.4. The van der Waals surface area contributed by atoms with Crippen LogP contribution in [0.1, 0.15) is 115 Å². The highest BCUT2D eigenvalue weighted by Gasteiger charge is 1.96. The summed E-state index contributed by atoms with van der Waals surface area (Å²) in [7, 11) is 0. The van der Waals surface area contributed by atoms with Gasteiger partial charge in [0.1, 0.15) is 5.75 Å². The van der Waals surface area contributed by atoms with Gasteiger partial charge in [0.15, 0.2) is 0 Å². The molecule has 0 aliphatic heterocycles. The van der Waals surface area contributed by atoms with Crippen LogP contribution in [0.5, 0.6) is 5.75 Å². The van der Waals surface area contributed by atoms with E-state index >= 15 is 0 Å². The Balaban J connectivity index is 1.77. The molecule has 1 rings (SSSR count). The van der Waals surface area contributed by atoms with Gasteiger partial charge in [-0.2, -0.15) is 0 Å². The van der Waals surface area contributed by atoms with E-state index in [1.54, 1.807) is 0 Å². The number of hydrogen-bond acceptors (Lipinski definition) is 1. The maximum Gasteiger partial charge on any atom is 0.119 e. The molecule has 0 fully saturated rings. The molecule has 0 amide bonds. The third kappa shape index (κ3) is 14.5. The molecular formula is C26H44O. The first-order valence-electron chi connectivity index (χ1n) is 11.7. The van der Waals surface area contributed by atoms with Crippen LogP contribution in [0.2, 0.25) is 0 Å². The second-order valence-corrected chi connectivity index (χ2v) is 7.93. The Bertz CT molecular complexity index is 451. The summed E-state index contributed by atoms with van der Waals surface area (Å²) < 4.78 is 5.82. The average Bonchev–Trinajstić information content (AvgIpc) is 2.70. The predicted octanol–water partition coefficient (Wildman–Crippen LogP) is 8.97. The zero-order valence-corrected chi connectivity index (χ0v) is 18.0. The van der Waals surface area contributed by atoms with Crippen LogP contribution in [0.4, 0.5) is 0 Å². The van der Waals surface area contributed by atoms with Crippen LogP contribution in [0.3, 0.4) is 0 Å². The van der Waals surface area contributed by atoms with Crippen molar-refractivity contribution in [2.75, 3.05) is 6.61 Å². The molecule has 0 saturated heterocycles. The molecule has 1 aromatic rings. The predicted molar refractivity (Wildman–Crippen MR) is 122 cm³/mol. The van der Waals surface area contributed by atoms with Crippen molar-refractivity contribution < 1.29 is 4.74 Å². The molecule has 0 spiro atoms. The van der Waals surface area contributed by atoms with Crippen LogP contribution in [-0.4, -0.2) is 6.61 Å². The number of unbranched alkanes of at least 4 members (excludes halogenated alkanes) is 15. The quantitative estimate of drug-likeness (QED) is 0.220. The number of benzene rings is 1. The van der Waals surface area contributed by atoms with Crippen LogP contribution in [0.25, 0.3) is 6.08 Å². The van der Waals surface area contributed by atoms with Gasteiger partial charge < -0.3 is 4.74 Å². The minimum absolute atomic E-state index is 0.832. The van der Waals surface area contributed by atoms with E-state index in [0.29, 0.717) is 0 Å². The van der Waals surface area contributed by atoms with E-state index in [-0.39, 0.29) is 0 Å². The van der Waals surface area contributed by atoms with E-state index in [1.165, 1.54) is 96.3 Å². The molecule has 154 valence electrons. The molecule has 0 aliphatic carbocycles. The Hall–Kier alpha value is -1.24. The summed E-state index contributed by atoms with van der Waals surface area (Å²) in [4.78, 5) is 0. The fraction of sp³-hybridized carbons (Fsp3) is 0.692. The monoisotopic (exact) mass is 372 g/mol. The fourth-order valence-electron chi connectivity index (χ4n) is 3.57. The van der Waals surface area contributed by atoms with Crippen LogP contribution < -0.4 is 4.74 Å². The van der Waals surface area contributed by atoms with Crippen molar-refractivity contribution in [3.05, 3.63) is 36.4 Å². The Labute approximate surface area is 169 Å². The summed E-state index contributed by atoms with van der Waals surface area (Å²) in [6, 6.07) is 8.16. The van der Waals surface area contributed by atoms with E-state index in [1.807, 2.05) is 18.2 Å². The van der Waals surface area contributed by atoms with Gasteiger partial charge in [0, 0.05) is 0 Å². The van der Waals surface area contributed by atoms with Gasteiger partial charge >= 0.3 is 0 Å². The molecule has 0 heterocycles. The van der Waals surface area contributed by atoms with Crippen molar-refractivity contribution in [1.82, 2.24) is 0 Å². The molecule has 0 saturated carbocycles. The SMILES string of the molecule is C=Cc1cccc(OCCCCCCCCCCCCCCCCCC)c1. The second-order valence-electron chi connectivity index (χ2n) is 7.93. The van der Waals surface area contributed by atoms with Gasteiger partial charge in [-0.3, -0.25) is 0 Å². The molecule has 0 radical (unpaired) electrons. The van der Waals surface area contributed by atoms with Crippen LogP contribution in [0, 0.1) is 0 Å². The van der Waals surface area contributed by atoms with E-state index in [0.717, 1.165) is 24.3 Å². The highest BCUT2D eigenvalue weighted by atomic mass is 16.5. The van der Waals surface area contributed by atoms with Crippen LogP contribution in [-0.2, 0) is 0 Å². The molecule has 1 aromatic carbocycles. The summed E-state index contributed by atoms with van der Waals surface area (Å²) in [6.45, 7) is 6.92. The largest absolute Gasteiger partial charge is 0.494 e. The van der Waals surface area contributed by atoms with Gasteiger partial charge in [-0.05, 0) is 24.1 Å². The van der Waals surface area contributed by atoms with Crippen molar-refractivity contribution in [3.63, 3.8) is 0 Å². The van der Waals surface area contributed by atoms with Gasteiger partial charge in [0.25, 0.3) is 0 Å². The average molecular weight is 373 g/mol. The van der Waals surface area contributed by atoms with Crippen molar-refractivity contribution >= 4 is 6.08 Å². The standard InChI is InChI=1S/C26H44O/c1-3-5-6-7-8-9-10-11-12-13-14-15-16-17-18-19-23-27-26-22-20-21-25(4-2)24-26/h4,20-22,24H,2-3,5-19,23H2,1H3. The van der Waals surface area contributed by atoms with Gasteiger partial charge in [0.2, 0.25) is 0 Å². The van der Waals surface area contributed by atoms with Gasteiger partial charge in [-0.25, -0.2) is 0 Å². The Morgan fingerprint density at radius 1 is 0.704 bits per heavy atom. The summed E-state index contributed by atoms with van der Waals surface area (Å²) >= 11 is 0. The Morgan fingerprint density at radius 2 is 1.19 bits per heavy atom. The number of hydrogen-bond donors (Lipinski definition) is 0. The topological polar surface area (TPSA) is 9.23 Å². The second kappa shape index (κ2) is 18.1. The third-order valence-corrected chi connectivity index (χ3v) is 5.36. The highest BCUT2D eigenvalue weighted by molar-refractivity contribution is 5.49. The van der Waals surface area contributed by atoms with Crippen LogP contribution >= 0.6 is 0 Å². The third-order valence-electron chi connectivity index (χ3n) is 5.36. The van der Waals surface area contributed by atoms with Crippen molar-refractivity contribution in [3.8, 4) is 5.75 Å². The number of rotatable bonds is 19. The van der Waals surface area contributed by atoms with Gasteiger partial charge in [-0.15, -0.1) is 0 Å². The van der Waals surface area contributed by atoms with Gasteiger partial charge in [0.05, 0.1) is 6.61 Å². The lowest BCUT2D eigenvalue weighted by Crippen LogP contribution is -1.97. The highest BCUT2D eigenvalue weighted by Crippen LogP contribution is 2.16. The Kier molecular flexibility index (Phi) is 16.0. The molecule has 27 heavy (non-hydrogen) atoms. The smallest absolute Gasteiger partial charge is 0.119 e. The molecule has 0 N–H and O–H groups in total. The molecule has 1 heteroatoms. The lowest BCUT2D eigenvalue weighted by molar-refractivity contribution is 0.304. The van der Waals surface area contributed by atoms with Crippen molar-refractivity contribution in [1.29, 1.82) is 0 Å². The first kappa shape index (κ1) is 23.8. The molecular weight excluding hydrogens is 328 g/mol. The minimum atomic E-state index is 0.832. The molecule has 1 nitrogen and oxygen atoms in total. The zero-order chi connectivity index (χ0) is 19.4. The first-order valence-corrected chi connectivity index (χ1v) is 11.7.